The van der Waals surface area contributed by atoms with E-state index in [2.05, 4.69) is 0 Å². The number of phenolic OH excluding ortho intramolecular Hbond substituents is 1. The lowest BCUT2D eigenvalue weighted by Gasteiger charge is -2.17. The van der Waals surface area contributed by atoms with Gasteiger partial charge in [0.2, 0.25) is 5.75 Å². The lowest BCUT2D eigenvalue weighted by molar-refractivity contribution is 0.333. The molecule has 0 unspecified atom stereocenters. The van der Waals surface area contributed by atoms with Crippen molar-refractivity contribution in [1.29, 1.82) is 0 Å². The molecule has 6 heteroatoms. The first-order valence-corrected chi connectivity index (χ1v) is 9.19. The minimum Gasteiger partial charge on any atom is -0.504 e. The van der Waals surface area contributed by atoms with Crippen LogP contribution in [-0.2, 0) is 6.42 Å². The Morgan fingerprint density at radius 3 is 2.56 bits per heavy atom. The van der Waals surface area contributed by atoms with Gasteiger partial charge in [0.25, 0.3) is 0 Å². The van der Waals surface area contributed by atoms with Crippen molar-refractivity contribution in [3.63, 3.8) is 0 Å². The first-order valence-electron chi connectivity index (χ1n) is 7.96. The average Bonchev–Trinajstić information content (AvgIpc) is 2.84. The molecule has 0 bridgehead atoms. The first kappa shape index (κ1) is 17.6. The Morgan fingerprint density at radius 2 is 1.92 bits per heavy atom. The quantitative estimate of drug-likeness (QED) is 0.820. The van der Waals surface area contributed by atoms with Gasteiger partial charge in [0.15, 0.2) is 16.9 Å². The number of nitrogens with two attached hydrogens (primary N) is 1. The fourth-order valence-electron chi connectivity index (χ4n) is 3.36. The molecule has 1 atom stereocenters. The highest BCUT2D eigenvalue weighted by molar-refractivity contribution is 7.98. The molecule has 0 spiro atoms. The van der Waals surface area contributed by atoms with E-state index >= 15 is 0 Å². The molecule has 25 heavy (non-hydrogen) atoms. The molecule has 0 amide bonds. The molecular formula is C19H21NO4S. The highest BCUT2D eigenvalue weighted by Crippen LogP contribution is 2.49. The Hall–Kier alpha value is -2.18. The number of phenols is 1. The van der Waals surface area contributed by atoms with E-state index < -0.39 is 0 Å². The predicted octanol–water partition coefficient (Wildman–Crippen LogP) is 3.10. The Morgan fingerprint density at radius 1 is 1.20 bits per heavy atom. The van der Waals surface area contributed by atoms with E-state index in [0.29, 0.717) is 23.5 Å². The highest BCUT2D eigenvalue weighted by Gasteiger charge is 2.27. The fraction of sp³-hybridized carbons (Fsp3) is 0.316. The number of methoxy groups -OCH3 is 2. The van der Waals surface area contributed by atoms with E-state index in [-0.39, 0.29) is 23.0 Å². The van der Waals surface area contributed by atoms with Crippen LogP contribution < -0.4 is 20.6 Å². The molecular weight excluding hydrogens is 338 g/mol. The van der Waals surface area contributed by atoms with Crippen LogP contribution >= 0.6 is 11.8 Å². The molecule has 0 saturated carbocycles. The summed E-state index contributed by atoms with van der Waals surface area (Å²) in [4.78, 5) is 13.1. The number of fused-ring (bicyclic) bond motifs is 3. The molecule has 132 valence electrons. The van der Waals surface area contributed by atoms with Crippen molar-refractivity contribution in [2.45, 2.75) is 23.8 Å². The van der Waals surface area contributed by atoms with E-state index in [0.717, 1.165) is 22.3 Å². The van der Waals surface area contributed by atoms with Crippen molar-refractivity contribution in [3.8, 4) is 28.4 Å². The first-order chi connectivity index (χ1) is 12.0. The average molecular weight is 359 g/mol. The van der Waals surface area contributed by atoms with Crippen LogP contribution in [0.3, 0.4) is 0 Å². The van der Waals surface area contributed by atoms with Crippen molar-refractivity contribution in [2.75, 3.05) is 20.5 Å². The van der Waals surface area contributed by atoms with Gasteiger partial charge in [-0.25, -0.2) is 0 Å². The summed E-state index contributed by atoms with van der Waals surface area (Å²) in [5.74, 6) is 0.767. The molecule has 3 N–H and O–H groups in total. The maximum atomic E-state index is 12.5. The second kappa shape index (κ2) is 6.98. The standard InChI is InChI=1S/C19H21NO4S/c1-23-18-15(22)8-10-4-6-13(20)12-9-14(21)16(25-3)7-5-11(12)17(10)19(18)24-2/h5,7-9,13,22H,4,6,20H2,1-3H3/t13-/m1/s1. The smallest absolute Gasteiger partial charge is 0.203 e. The lowest BCUT2D eigenvalue weighted by Crippen LogP contribution is -2.12. The molecule has 0 aliphatic heterocycles. The van der Waals surface area contributed by atoms with Crippen molar-refractivity contribution in [2.24, 2.45) is 5.73 Å². The summed E-state index contributed by atoms with van der Waals surface area (Å²) in [7, 11) is 3.03. The molecule has 2 aromatic carbocycles. The summed E-state index contributed by atoms with van der Waals surface area (Å²) in [6.45, 7) is 0. The topological polar surface area (TPSA) is 81.8 Å². The molecule has 1 aliphatic rings. The van der Waals surface area contributed by atoms with Crippen molar-refractivity contribution in [3.05, 3.63) is 45.6 Å². The van der Waals surface area contributed by atoms with E-state index in [4.69, 9.17) is 15.2 Å². The zero-order valence-electron chi connectivity index (χ0n) is 14.5. The maximum absolute atomic E-state index is 12.5. The van der Waals surface area contributed by atoms with Crippen LogP contribution in [-0.4, -0.2) is 25.6 Å². The zero-order valence-corrected chi connectivity index (χ0v) is 15.3. The molecule has 3 rings (SSSR count). The summed E-state index contributed by atoms with van der Waals surface area (Å²) in [6.07, 6.45) is 3.22. The molecule has 0 radical (unpaired) electrons. The van der Waals surface area contributed by atoms with Crippen molar-refractivity contribution in [1.82, 2.24) is 0 Å². The number of aromatic hydroxyl groups is 1. The van der Waals surface area contributed by atoms with Crippen LogP contribution in [0.4, 0.5) is 0 Å². The molecule has 0 aromatic heterocycles. The van der Waals surface area contributed by atoms with Gasteiger partial charge in [0, 0.05) is 11.6 Å². The molecule has 0 fully saturated rings. The monoisotopic (exact) mass is 359 g/mol. The van der Waals surface area contributed by atoms with E-state index in [9.17, 15) is 9.90 Å². The van der Waals surface area contributed by atoms with Crippen LogP contribution in [0.2, 0.25) is 0 Å². The van der Waals surface area contributed by atoms with Crippen LogP contribution in [0.5, 0.6) is 17.2 Å². The molecule has 5 nitrogen and oxygen atoms in total. The minimum atomic E-state index is -0.268. The Kier molecular flexibility index (Phi) is 4.92. The van der Waals surface area contributed by atoms with Gasteiger partial charge in [-0.05, 0) is 54.0 Å². The third-order valence-corrected chi connectivity index (χ3v) is 5.34. The Bertz CT molecular complexity index is 882. The number of thioether (sulfide) groups is 1. The van der Waals surface area contributed by atoms with E-state index in [1.165, 1.54) is 26.0 Å². The number of rotatable bonds is 3. The van der Waals surface area contributed by atoms with Gasteiger partial charge in [0.05, 0.1) is 19.1 Å². The van der Waals surface area contributed by atoms with Crippen molar-refractivity contribution >= 4 is 11.8 Å². The Labute approximate surface area is 150 Å². The third kappa shape index (κ3) is 2.96. The van der Waals surface area contributed by atoms with Gasteiger partial charge in [0.1, 0.15) is 0 Å². The SMILES string of the molecule is COc1c(O)cc2c(c1OC)-c1ccc(SC)c(=O)cc1[C@H](N)CC2. The van der Waals surface area contributed by atoms with E-state index in [1.54, 1.807) is 12.1 Å². The molecule has 2 aromatic rings. The fourth-order valence-corrected chi connectivity index (χ4v) is 3.82. The van der Waals surface area contributed by atoms with Gasteiger partial charge >= 0.3 is 0 Å². The molecule has 0 saturated heterocycles. The number of hydrogen-bond donors (Lipinski definition) is 2. The summed E-state index contributed by atoms with van der Waals surface area (Å²) in [5.41, 5.74) is 9.69. The summed E-state index contributed by atoms with van der Waals surface area (Å²) >= 11 is 1.41. The van der Waals surface area contributed by atoms with Gasteiger partial charge < -0.3 is 20.3 Å². The van der Waals surface area contributed by atoms with E-state index in [1.807, 2.05) is 18.4 Å². The van der Waals surface area contributed by atoms with Crippen LogP contribution in [0.1, 0.15) is 23.6 Å². The van der Waals surface area contributed by atoms with Gasteiger partial charge in [-0.1, -0.05) is 6.07 Å². The number of benzene rings is 1. The van der Waals surface area contributed by atoms with Crippen molar-refractivity contribution < 1.29 is 14.6 Å². The van der Waals surface area contributed by atoms with Gasteiger partial charge in [-0.2, -0.15) is 0 Å². The maximum Gasteiger partial charge on any atom is 0.203 e. The summed E-state index contributed by atoms with van der Waals surface area (Å²) < 4.78 is 10.9. The van der Waals surface area contributed by atoms with Crippen LogP contribution in [0.25, 0.3) is 11.1 Å². The number of hydrogen-bond acceptors (Lipinski definition) is 6. The Balaban J connectivity index is 2.44. The summed E-state index contributed by atoms with van der Waals surface area (Å²) in [5, 5.41) is 10.3. The minimum absolute atomic E-state index is 0.0322. The molecule has 0 heterocycles. The second-order valence-electron chi connectivity index (χ2n) is 5.92. The van der Waals surface area contributed by atoms with Crippen LogP contribution in [0.15, 0.2) is 34.0 Å². The zero-order chi connectivity index (χ0) is 18.1. The van der Waals surface area contributed by atoms with Gasteiger partial charge in [-0.3, -0.25) is 4.79 Å². The van der Waals surface area contributed by atoms with Crippen LogP contribution in [0, 0.1) is 0 Å². The second-order valence-corrected chi connectivity index (χ2v) is 6.77. The van der Waals surface area contributed by atoms with Gasteiger partial charge in [-0.15, -0.1) is 11.8 Å². The highest BCUT2D eigenvalue weighted by atomic mass is 32.2. The third-order valence-electron chi connectivity index (χ3n) is 4.56. The lowest BCUT2D eigenvalue weighted by atomic mass is 9.95. The molecule has 1 aliphatic carbocycles. The predicted molar refractivity (Wildman–Crippen MR) is 99.9 cm³/mol. The normalized spacial score (nSPS) is 15.8. The number of ether oxygens (including phenoxy) is 2. The summed E-state index contributed by atoms with van der Waals surface area (Å²) in [6, 6.07) is 6.77. The largest absolute Gasteiger partial charge is 0.504 e. The number of aryl methyl sites for hydroxylation is 1.